The Bertz CT molecular complexity index is 298. The van der Waals surface area contributed by atoms with Crippen LogP contribution in [-0.2, 0) is 0 Å². The van der Waals surface area contributed by atoms with Crippen LogP contribution in [0.15, 0.2) is 0 Å². The molecule has 0 amide bonds. The van der Waals surface area contributed by atoms with Crippen molar-refractivity contribution in [2.75, 3.05) is 26.2 Å². The zero-order valence-corrected chi connectivity index (χ0v) is 13.9. The van der Waals surface area contributed by atoms with Crippen LogP contribution in [0.1, 0.15) is 59.8 Å². The van der Waals surface area contributed by atoms with E-state index in [1.165, 1.54) is 45.4 Å². The largest absolute Gasteiger partial charge is 0.313 e. The van der Waals surface area contributed by atoms with Gasteiger partial charge in [0.25, 0.3) is 0 Å². The Balaban J connectivity index is 2.27. The number of unbranched alkanes of at least 4 members (excludes halogenated alkanes) is 1. The minimum Gasteiger partial charge on any atom is -0.313 e. The summed E-state index contributed by atoms with van der Waals surface area (Å²) in [4.78, 5) is 2.62. The fourth-order valence-corrected chi connectivity index (χ4v) is 2.96. The summed E-state index contributed by atoms with van der Waals surface area (Å²) in [6.07, 6.45) is 6.05. The molecule has 1 atom stereocenters. The molecule has 0 aromatic rings. The zero-order valence-electron chi connectivity index (χ0n) is 13.9. The molecule has 0 aromatic heterocycles. The fraction of sp³-hybridized carbons (Fsp3) is 0.941. The van der Waals surface area contributed by atoms with Crippen molar-refractivity contribution in [1.29, 1.82) is 5.26 Å². The number of hydrogen-bond donors (Lipinski definition) is 1. The lowest BCUT2D eigenvalue weighted by molar-refractivity contribution is 0.217. The van der Waals surface area contributed by atoms with Crippen molar-refractivity contribution in [2.45, 2.75) is 65.8 Å². The van der Waals surface area contributed by atoms with Gasteiger partial charge in [-0.2, -0.15) is 5.26 Å². The lowest BCUT2D eigenvalue weighted by Crippen LogP contribution is -2.39. The molecule has 1 unspecified atom stereocenters. The minimum atomic E-state index is -0.157. The third kappa shape index (κ3) is 7.26. The first kappa shape index (κ1) is 17.5. The van der Waals surface area contributed by atoms with Gasteiger partial charge < -0.3 is 10.2 Å². The van der Waals surface area contributed by atoms with Gasteiger partial charge in [0.2, 0.25) is 0 Å². The molecule has 1 saturated heterocycles. The van der Waals surface area contributed by atoms with Gasteiger partial charge in [-0.1, -0.05) is 20.3 Å². The molecule has 0 radical (unpaired) electrons. The predicted octanol–water partition coefficient (Wildman–Crippen LogP) is 3.42. The maximum absolute atomic E-state index is 9.04. The van der Waals surface area contributed by atoms with Crippen LogP contribution in [0, 0.1) is 22.7 Å². The molecule has 1 aliphatic rings. The summed E-state index contributed by atoms with van der Waals surface area (Å²) in [7, 11) is 0. The SMILES string of the molecule is CC(C)CN(CCCCC(C)(C)C#N)CC1CCCN1. The van der Waals surface area contributed by atoms with E-state index in [0.717, 1.165) is 18.8 Å². The second-order valence-corrected chi connectivity index (χ2v) is 7.40. The normalized spacial score (nSPS) is 19.8. The number of nitrogens with zero attached hydrogens (tertiary/aromatic N) is 2. The van der Waals surface area contributed by atoms with Crippen molar-refractivity contribution >= 4 is 0 Å². The molecule has 3 heteroatoms. The summed E-state index contributed by atoms with van der Waals surface area (Å²) < 4.78 is 0. The molecule has 20 heavy (non-hydrogen) atoms. The fourth-order valence-electron chi connectivity index (χ4n) is 2.96. The summed E-state index contributed by atoms with van der Waals surface area (Å²) in [5.41, 5.74) is -0.157. The Hall–Kier alpha value is -0.590. The van der Waals surface area contributed by atoms with Gasteiger partial charge in [-0.3, -0.25) is 0 Å². The lowest BCUT2D eigenvalue weighted by Gasteiger charge is -2.27. The van der Waals surface area contributed by atoms with Crippen LogP contribution in [0.3, 0.4) is 0 Å². The van der Waals surface area contributed by atoms with E-state index in [9.17, 15) is 0 Å². The van der Waals surface area contributed by atoms with Crippen molar-refractivity contribution in [3.05, 3.63) is 0 Å². The van der Waals surface area contributed by atoms with Crippen molar-refractivity contribution in [3.8, 4) is 6.07 Å². The Kier molecular flexibility index (Phi) is 7.55. The smallest absolute Gasteiger partial charge is 0.0683 e. The van der Waals surface area contributed by atoms with Crippen molar-refractivity contribution < 1.29 is 0 Å². The van der Waals surface area contributed by atoms with E-state index in [0.29, 0.717) is 6.04 Å². The first-order valence-electron chi connectivity index (χ1n) is 8.30. The molecule has 1 aliphatic heterocycles. The Labute approximate surface area is 125 Å². The third-order valence-electron chi connectivity index (χ3n) is 4.09. The third-order valence-corrected chi connectivity index (χ3v) is 4.09. The van der Waals surface area contributed by atoms with Gasteiger partial charge in [0, 0.05) is 19.1 Å². The molecule has 0 spiro atoms. The van der Waals surface area contributed by atoms with E-state index < -0.39 is 0 Å². The number of nitriles is 1. The van der Waals surface area contributed by atoms with E-state index in [1.807, 2.05) is 13.8 Å². The average Bonchev–Trinajstić information content (AvgIpc) is 2.86. The van der Waals surface area contributed by atoms with Crippen LogP contribution >= 0.6 is 0 Å². The van der Waals surface area contributed by atoms with E-state index in [1.54, 1.807) is 0 Å². The van der Waals surface area contributed by atoms with Crippen LogP contribution in [0.2, 0.25) is 0 Å². The topological polar surface area (TPSA) is 39.1 Å². The molecular weight excluding hydrogens is 246 g/mol. The molecule has 1 heterocycles. The highest BCUT2D eigenvalue weighted by Gasteiger charge is 2.19. The van der Waals surface area contributed by atoms with Crippen molar-refractivity contribution in [2.24, 2.45) is 11.3 Å². The first-order chi connectivity index (χ1) is 9.43. The molecule has 0 aromatic carbocycles. The van der Waals surface area contributed by atoms with Crippen LogP contribution in [-0.4, -0.2) is 37.1 Å². The monoisotopic (exact) mass is 279 g/mol. The highest BCUT2D eigenvalue weighted by molar-refractivity contribution is 4.91. The van der Waals surface area contributed by atoms with Gasteiger partial charge in [-0.15, -0.1) is 0 Å². The Morgan fingerprint density at radius 3 is 2.65 bits per heavy atom. The van der Waals surface area contributed by atoms with Crippen LogP contribution in [0.5, 0.6) is 0 Å². The Morgan fingerprint density at radius 2 is 2.10 bits per heavy atom. The number of hydrogen-bond acceptors (Lipinski definition) is 3. The highest BCUT2D eigenvalue weighted by Crippen LogP contribution is 2.21. The predicted molar refractivity (Wildman–Crippen MR) is 85.5 cm³/mol. The van der Waals surface area contributed by atoms with Crippen molar-refractivity contribution in [3.63, 3.8) is 0 Å². The first-order valence-corrected chi connectivity index (χ1v) is 8.30. The van der Waals surface area contributed by atoms with Gasteiger partial charge in [0.1, 0.15) is 0 Å². The van der Waals surface area contributed by atoms with Crippen LogP contribution in [0.4, 0.5) is 0 Å². The molecule has 3 nitrogen and oxygen atoms in total. The van der Waals surface area contributed by atoms with Gasteiger partial charge in [0.15, 0.2) is 0 Å². The van der Waals surface area contributed by atoms with Crippen LogP contribution < -0.4 is 5.32 Å². The maximum Gasteiger partial charge on any atom is 0.0683 e. The molecule has 0 bridgehead atoms. The second-order valence-electron chi connectivity index (χ2n) is 7.40. The molecule has 1 N–H and O–H groups in total. The second kappa shape index (κ2) is 8.64. The zero-order chi connectivity index (χ0) is 15.0. The minimum absolute atomic E-state index is 0.157. The quantitative estimate of drug-likeness (QED) is 0.657. The molecule has 0 aliphatic carbocycles. The van der Waals surface area contributed by atoms with E-state index >= 15 is 0 Å². The molecule has 116 valence electrons. The molecule has 1 fully saturated rings. The molecule has 0 saturated carbocycles. The maximum atomic E-state index is 9.04. The summed E-state index contributed by atoms with van der Waals surface area (Å²) in [6, 6.07) is 3.10. The van der Waals surface area contributed by atoms with Gasteiger partial charge >= 0.3 is 0 Å². The summed E-state index contributed by atoms with van der Waals surface area (Å²) in [6.45, 7) is 13.4. The van der Waals surface area contributed by atoms with Gasteiger partial charge in [-0.25, -0.2) is 0 Å². The van der Waals surface area contributed by atoms with E-state index in [2.05, 4.69) is 30.1 Å². The molecular formula is C17H33N3. The number of nitrogens with one attached hydrogen (secondary N) is 1. The molecule has 1 rings (SSSR count). The van der Waals surface area contributed by atoms with E-state index in [-0.39, 0.29) is 5.41 Å². The Morgan fingerprint density at radius 1 is 1.35 bits per heavy atom. The van der Waals surface area contributed by atoms with E-state index in [4.69, 9.17) is 5.26 Å². The van der Waals surface area contributed by atoms with Gasteiger partial charge in [-0.05, 0) is 58.5 Å². The number of rotatable bonds is 9. The summed E-state index contributed by atoms with van der Waals surface area (Å²) in [5.74, 6) is 0.729. The van der Waals surface area contributed by atoms with Crippen LogP contribution in [0.25, 0.3) is 0 Å². The summed E-state index contributed by atoms with van der Waals surface area (Å²) in [5, 5.41) is 12.6. The highest BCUT2D eigenvalue weighted by atomic mass is 15.2. The summed E-state index contributed by atoms with van der Waals surface area (Å²) >= 11 is 0. The van der Waals surface area contributed by atoms with Crippen molar-refractivity contribution in [1.82, 2.24) is 10.2 Å². The standard InChI is InChI=1S/C17H33N3/c1-15(2)12-20(13-16-8-7-10-19-16)11-6-5-9-17(3,4)14-18/h15-16,19H,5-13H2,1-4H3. The lowest BCUT2D eigenvalue weighted by atomic mass is 9.89. The van der Waals surface area contributed by atoms with Gasteiger partial charge in [0.05, 0.1) is 11.5 Å². The average molecular weight is 279 g/mol.